The summed E-state index contributed by atoms with van der Waals surface area (Å²) in [5.41, 5.74) is 0.435. The van der Waals surface area contributed by atoms with E-state index in [1.54, 1.807) is 0 Å². The van der Waals surface area contributed by atoms with E-state index >= 15 is 0 Å². The SMILES string of the molecule is COC(OC)c1nccnc1NC=O. The van der Waals surface area contributed by atoms with Crippen LogP contribution in [-0.4, -0.2) is 30.6 Å². The van der Waals surface area contributed by atoms with Gasteiger partial charge in [-0.15, -0.1) is 0 Å². The van der Waals surface area contributed by atoms with Gasteiger partial charge in [-0.05, 0) is 0 Å². The van der Waals surface area contributed by atoms with Crippen molar-refractivity contribution in [3.05, 3.63) is 18.1 Å². The number of carbonyl (C=O) groups excluding carboxylic acids is 1. The number of carbonyl (C=O) groups is 1. The third kappa shape index (κ3) is 2.24. The monoisotopic (exact) mass is 197 g/mol. The molecule has 0 bridgehead atoms. The van der Waals surface area contributed by atoms with Gasteiger partial charge in [-0.25, -0.2) is 4.98 Å². The Morgan fingerprint density at radius 2 is 2.00 bits per heavy atom. The Morgan fingerprint density at radius 1 is 1.36 bits per heavy atom. The molecule has 0 radical (unpaired) electrons. The van der Waals surface area contributed by atoms with Gasteiger partial charge in [0.15, 0.2) is 5.82 Å². The number of hydrogen-bond donors (Lipinski definition) is 1. The highest BCUT2D eigenvalue weighted by molar-refractivity contribution is 5.69. The molecule has 6 nitrogen and oxygen atoms in total. The number of methoxy groups -OCH3 is 2. The summed E-state index contributed by atoms with van der Waals surface area (Å²) in [6, 6.07) is 0. The van der Waals surface area contributed by atoms with Crippen LogP contribution in [0, 0.1) is 0 Å². The Kier molecular flexibility index (Phi) is 3.96. The molecule has 1 amide bonds. The highest BCUT2D eigenvalue weighted by Crippen LogP contribution is 2.20. The van der Waals surface area contributed by atoms with Gasteiger partial charge in [0.1, 0.15) is 5.69 Å². The normalized spacial score (nSPS) is 10.2. The Balaban J connectivity index is 2.98. The molecule has 0 aliphatic carbocycles. The van der Waals surface area contributed by atoms with E-state index in [4.69, 9.17) is 9.47 Å². The van der Waals surface area contributed by atoms with Crippen molar-refractivity contribution in [2.75, 3.05) is 19.5 Å². The van der Waals surface area contributed by atoms with E-state index in [-0.39, 0.29) is 0 Å². The van der Waals surface area contributed by atoms with Crippen LogP contribution in [0.4, 0.5) is 5.82 Å². The molecule has 1 N–H and O–H groups in total. The van der Waals surface area contributed by atoms with Crippen molar-refractivity contribution >= 4 is 12.2 Å². The topological polar surface area (TPSA) is 73.3 Å². The first-order chi connectivity index (χ1) is 6.83. The van der Waals surface area contributed by atoms with E-state index in [1.807, 2.05) is 0 Å². The van der Waals surface area contributed by atoms with Crippen LogP contribution in [0.25, 0.3) is 0 Å². The first-order valence-corrected chi connectivity index (χ1v) is 3.90. The van der Waals surface area contributed by atoms with Gasteiger partial charge in [0.2, 0.25) is 12.7 Å². The smallest absolute Gasteiger partial charge is 0.212 e. The maximum atomic E-state index is 10.3. The van der Waals surface area contributed by atoms with Crippen LogP contribution in [0.2, 0.25) is 0 Å². The zero-order valence-electron chi connectivity index (χ0n) is 7.93. The van der Waals surface area contributed by atoms with Crippen LogP contribution in [0.5, 0.6) is 0 Å². The van der Waals surface area contributed by atoms with Gasteiger partial charge in [0.05, 0.1) is 0 Å². The fourth-order valence-electron chi connectivity index (χ4n) is 1.01. The lowest BCUT2D eigenvalue weighted by Crippen LogP contribution is -2.11. The maximum Gasteiger partial charge on any atom is 0.212 e. The van der Waals surface area contributed by atoms with Gasteiger partial charge in [0.25, 0.3) is 0 Å². The second kappa shape index (κ2) is 5.25. The molecule has 1 aromatic heterocycles. The average Bonchev–Trinajstić information content (AvgIpc) is 2.23. The van der Waals surface area contributed by atoms with Gasteiger partial charge in [-0.3, -0.25) is 9.78 Å². The molecule has 1 heterocycles. The van der Waals surface area contributed by atoms with Crippen LogP contribution in [-0.2, 0) is 14.3 Å². The van der Waals surface area contributed by atoms with Crippen molar-refractivity contribution in [1.29, 1.82) is 0 Å². The van der Waals surface area contributed by atoms with Gasteiger partial charge >= 0.3 is 0 Å². The number of amides is 1. The lowest BCUT2D eigenvalue weighted by atomic mass is 10.4. The standard InChI is InChI=1S/C8H11N3O3/c1-13-8(14-2)6-7(11-5-12)10-4-3-9-6/h3-5,8H,1-2H3,(H,10,11,12). The van der Waals surface area contributed by atoms with Gasteiger partial charge in [0, 0.05) is 26.6 Å². The van der Waals surface area contributed by atoms with Crippen LogP contribution >= 0.6 is 0 Å². The molecule has 1 aromatic rings. The minimum atomic E-state index is -0.633. The lowest BCUT2D eigenvalue weighted by molar-refractivity contribution is -0.108. The molecule has 1 rings (SSSR count). The average molecular weight is 197 g/mol. The summed E-state index contributed by atoms with van der Waals surface area (Å²) in [4.78, 5) is 18.2. The molecule has 0 aliphatic heterocycles. The molecule has 0 aliphatic rings. The first-order valence-electron chi connectivity index (χ1n) is 3.90. The summed E-state index contributed by atoms with van der Waals surface area (Å²) in [6.45, 7) is 0. The fraction of sp³-hybridized carbons (Fsp3) is 0.375. The molecular weight excluding hydrogens is 186 g/mol. The van der Waals surface area contributed by atoms with E-state index in [1.165, 1.54) is 26.6 Å². The molecule has 14 heavy (non-hydrogen) atoms. The predicted molar refractivity (Wildman–Crippen MR) is 48.5 cm³/mol. The zero-order chi connectivity index (χ0) is 10.4. The second-order valence-electron chi connectivity index (χ2n) is 2.36. The van der Waals surface area contributed by atoms with Crippen LogP contribution in [0.1, 0.15) is 12.0 Å². The van der Waals surface area contributed by atoms with E-state index in [0.717, 1.165) is 0 Å². The van der Waals surface area contributed by atoms with E-state index < -0.39 is 6.29 Å². The van der Waals surface area contributed by atoms with Crippen LogP contribution in [0.3, 0.4) is 0 Å². The number of nitrogens with zero attached hydrogens (tertiary/aromatic N) is 2. The van der Waals surface area contributed by atoms with Crippen LogP contribution < -0.4 is 5.32 Å². The van der Waals surface area contributed by atoms with Crippen molar-refractivity contribution in [3.8, 4) is 0 Å². The molecule has 6 heteroatoms. The lowest BCUT2D eigenvalue weighted by Gasteiger charge is -2.14. The van der Waals surface area contributed by atoms with Crippen molar-refractivity contribution in [2.24, 2.45) is 0 Å². The summed E-state index contributed by atoms with van der Waals surface area (Å²) in [5.74, 6) is 0.330. The van der Waals surface area contributed by atoms with Crippen molar-refractivity contribution in [3.63, 3.8) is 0 Å². The van der Waals surface area contributed by atoms with E-state index in [2.05, 4.69) is 15.3 Å². The number of nitrogens with one attached hydrogen (secondary N) is 1. The summed E-state index contributed by atoms with van der Waals surface area (Å²) < 4.78 is 9.98. The molecule has 76 valence electrons. The molecular formula is C8H11N3O3. The summed E-state index contributed by atoms with van der Waals surface area (Å²) in [5, 5.41) is 2.41. The van der Waals surface area contributed by atoms with E-state index in [0.29, 0.717) is 17.9 Å². The highest BCUT2D eigenvalue weighted by atomic mass is 16.7. The third-order valence-corrected chi connectivity index (χ3v) is 1.57. The Hall–Kier alpha value is -1.53. The van der Waals surface area contributed by atoms with Gasteiger partial charge in [-0.1, -0.05) is 0 Å². The largest absolute Gasteiger partial charge is 0.350 e. The van der Waals surface area contributed by atoms with Crippen molar-refractivity contribution in [1.82, 2.24) is 9.97 Å². The molecule has 0 aromatic carbocycles. The zero-order valence-corrected chi connectivity index (χ0v) is 7.93. The summed E-state index contributed by atoms with van der Waals surface area (Å²) in [6.07, 6.45) is 2.86. The predicted octanol–water partition coefficient (Wildman–Crippen LogP) is 0.336. The van der Waals surface area contributed by atoms with Gasteiger partial charge in [-0.2, -0.15) is 0 Å². The molecule has 0 fully saturated rings. The second-order valence-corrected chi connectivity index (χ2v) is 2.36. The third-order valence-electron chi connectivity index (χ3n) is 1.57. The molecule has 0 saturated carbocycles. The summed E-state index contributed by atoms with van der Waals surface area (Å²) in [7, 11) is 2.96. The van der Waals surface area contributed by atoms with E-state index in [9.17, 15) is 4.79 Å². The summed E-state index contributed by atoms with van der Waals surface area (Å²) >= 11 is 0. The van der Waals surface area contributed by atoms with Crippen molar-refractivity contribution in [2.45, 2.75) is 6.29 Å². The quantitative estimate of drug-likeness (QED) is 0.544. The van der Waals surface area contributed by atoms with Crippen LogP contribution in [0.15, 0.2) is 12.4 Å². The highest BCUT2D eigenvalue weighted by Gasteiger charge is 2.15. The van der Waals surface area contributed by atoms with Gasteiger partial charge < -0.3 is 14.8 Å². The molecule has 0 atom stereocenters. The molecule has 0 unspecified atom stereocenters. The number of aromatic nitrogens is 2. The minimum Gasteiger partial charge on any atom is -0.350 e. The Morgan fingerprint density at radius 3 is 2.57 bits per heavy atom. The van der Waals surface area contributed by atoms with Crippen molar-refractivity contribution < 1.29 is 14.3 Å². The maximum absolute atomic E-state index is 10.3. The number of ether oxygens (including phenoxy) is 2. The molecule has 0 saturated heterocycles. The fourth-order valence-corrected chi connectivity index (χ4v) is 1.01. The Labute approximate surface area is 81.3 Å². The minimum absolute atomic E-state index is 0.330. The Bertz CT molecular complexity index is 302. The molecule has 0 spiro atoms. The number of rotatable bonds is 5. The first kappa shape index (κ1) is 10.6. The number of hydrogen-bond acceptors (Lipinski definition) is 5. The number of anilines is 1.